The van der Waals surface area contributed by atoms with Gasteiger partial charge in [0.05, 0.1) is 17.2 Å². The Morgan fingerprint density at radius 2 is 1.56 bits per heavy atom. The Balaban J connectivity index is 1.60. The van der Waals surface area contributed by atoms with Crippen LogP contribution in [-0.4, -0.2) is 15.9 Å². The maximum absolute atomic E-state index is 12.6. The minimum atomic E-state index is -0.477. The molecule has 0 atom stereocenters. The summed E-state index contributed by atoms with van der Waals surface area (Å²) >= 11 is 0. The quantitative estimate of drug-likeness (QED) is 0.165. The van der Waals surface area contributed by atoms with E-state index in [4.69, 9.17) is 4.74 Å². The van der Waals surface area contributed by atoms with Crippen molar-refractivity contribution >= 4 is 5.97 Å². The molecule has 0 unspecified atom stereocenters. The number of carbonyl (C=O) groups excluding carboxylic acids is 1. The molecule has 3 aromatic rings. The van der Waals surface area contributed by atoms with Gasteiger partial charge in [0.2, 0.25) is 0 Å². The van der Waals surface area contributed by atoms with Crippen molar-refractivity contribution in [1.82, 2.24) is 9.97 Å². The van der Waals surface area contributed by atoms with Gasteiger partial charge in [-0.25, -0.2) is 14.8 Å². The maximum Gasteiger partial charge on any atom is 0.343 e. The topological polar surface area (TPSA) is 75.9 Å². The number of ether oxygens (including phenoxy) is 1. The number of nitriles is 1. The molecule has 2 aromatic carbocycles. The second kappa shape index (κ2) is 13.3. The van der Waals surface area contributed by atoms with Gasteiger partial charge in [-0.2, -0.15) is 5.26 Å². The van der Waals surface area contributed by atoms with E-state index in [1.807, 2.05) is 30.6 Å². The first-order chi connectivity index (χ1) is 16.6. The van der Waals surface area contributed by atoms with Gasteiger partial charge in [0.15, 0.2) is 5.82 Å². The average molecular weight is 456 g/mol. The molecule has 0 saturated carbocycles. The summed E-state index contributed by atoms with van der Waals surface area (Å²) < 4.78 is 5.53. The maximum atomic E-state index is 12.6. The van der Waals surface area contributed by atoms with Crippen molar-refractivity contribution in [3.8, 4) is 23.2 Å². The number of nitrogens with zero attached hydrogens (tertiary/aromatic N) is 3. The van der Waals surface area contributed by atoms with Crippen molar-refractivity contribution in [2.24, 2.45) is 0 Å². The Kier molecular flexibility index (Phi) is 9.79. The number of hydrogen-bond donors (Lipinski definition) is 0. The number of esters is 1. The zero-order valence-corrected chi connectivity index (χ0v) is 20.2. The van der Waals surface area contributed by atoms with Crippen LogP contribution < -0.4 is 4.74 Å². The number of carbonyl (C=O) groups is 1. The average Bonchev–Trinajstić information content (AvgIpc) is 2.87. The van der Waals surface area contributed by atoms with Gasteiger partial charge in [-0.3, -0.25) is 0 Å². The fraction of sp³-hybridized carbons (Fsp3) is 0.379. The van der Waals surface area contributed by atoms with Gasteiger partial charge in [0.25, 0.3) is 0 Å². The van der Waals surface area contributed by atoms with Crippen molar-refractivity contribution in [3.05, 3.63) is 77.1 Å². The molecule has 0 spiro atoms. The molecule has 1 heterocycles. The monoisotopic (exact) mass is 455 g/mol. The predicted octanol–water partition coefficient (Wildman–Crippen LogP) is 7.09. The Bertz CT molecular complexity index is 1100. The fourth-order valence-electron chi connectivity index (χ4n) is 3.82. The summed E-state index contributed by atoms with van der Waals surface area (Å²) in [5.41, 5.74) is 3.90. The fourth-order valence-corrected chi connectivity index (χ4v) is 3.82. The number of unbranched alkanes of at least 4 members (excludes halogenated alkanes) is 5. The number of aryl methyl sites for hydroxylation is 2. The van der Waals surface area contributed by atoms with Crippen LogP contribution >= 0.6 is 0 Å². The molecule has 0 N–H and O–H groups in total. The number of benzene rings is 2. The minimum Gasteiger partial charge on any atom is -0.423 e. The zero-order chi connectivity index (χ0) is 24.2. The van der Waals surface area contributed by atoms with Crippen LogP contribution in [0.4, 0.5) is 0 Å². The van der Waals surface area contributed by atoms with Crippen LogP contribution in [0.25, 0.3) is 11.4 Å². The van der Waals surface area contributed by atoms with E-state index in [-0.39, 0.29) is 0 Å². The molecule has 3 rings (SSSR count). The molecule has 5 heteroatoms. The van der Waals surface area contributed by atoms with Crippen LogP contribution in [0.5, 0.6) is 5.75 Å². The minimum absolute atomic E-state index is 0.375. The molecular weight excluding hydrogens is 422 g/mol. The Morgan fingerprint density at radius 3 is 2.24 bits per heavy atom. The molecule has 1 aromatic heterocycles. The van der Waals surface area contributed by atoms with E-state index in [9.17, 15) is 10.1 Å². The molecule has 176 valence electrons. The van der Waals surface area contributed by atoms with E-state index >= 15 is 0 Å². The standard InChI is InChI=1S/C29H33N3O2/c1-3-5-7-9-11-23-12-13-25(18-26(23)19-30)29(33)34-27-16-14-24(15-17-27)28-31-20-22(21-32-28)10-8-6-4-2/h12-18,20-21H,3-11H2,1-2H3. The summed E-state index contributed by atoms with van der Waals surface area (Å²) in [5.74, 6) is 0.604. The first-order valence-electron chi connectivity index (χ1n) is 12.3. The SMILES string of the molecule is CCCCCCc1ccc(C(=O)Oc2ccc(-c3ncc(CCCCC)cn3)cc2)cc1C#N. The van der Waals surface area contributed by atoms with Gasteiger partial charge in [-0.05, 0) is 73.2 Å². The van der Waals surface area contributed by atoms with Crippen molar-refractivity contribution in [1.29, 1.82) is 5.26 Å². The van der Waals surface area contributed by atoms with E-state index in [0.29, 0.717) is 22.7 Å². The van der Waals surface area contributed by atoms with E-state index in [2.05, 4.69) is 29.9 Å². The van der Waals surface area contributed by atoms with E-state index < -0.39 is 5.97 Å². The molecule has 0 aliphatic heterocycles. The highest BCUT2D eigenvalue weighted by Gasteiger charge is 2.12. The Morgan fingerprint density at radius 1 is 0.882 bits per heavy atom. The van der Waals surface area contributed by atoms with Crippen molar-refractivity contribution in [3.63, 3.8) is 0 Å². The van der Waals surface area contributed by atoms with E-state index in [1.165, 1.54) is 25.7 Å². The molecular formula is C29H33N3O2. The summed E-state index contributed by atoms with van der Waals surface area (Å²) in [5, 5.41) is 9.51. The first kappa shape index (κ1) is 25.1. The summed E-state index contributed by atoms with van der Waals surface area (Å²) in [6.45, 7) is 4.37. The van der Waals surface area contributed by atoms with Crippen LogP contribution in [-0.2, 0) is 12.8 Å². The highest BCUT2D eigenvalue weighted by molar-refractivity contribution is 5.91. The second-order valence-corrected chi connectivity index (χ2v) is 8.58. The smallest absolute Gasteiger partial charge is 0.343 e. The molecule has 0 amide bonds. The lowest BCUT2D eigenvalue weighted by Crippen LogP contribution is -2.09. The molecule has 0 aliphatic rings. The summed E-state index contributed by atoms with van der Waals surface area (Å²) in [6, 6.07) is 14.6. The third-order valence-electron chi connectivity index (χ3n) is 5.86. The lowest BCUT2D eigenvalue weighted by atomic mass is 9.99. The number of aromatic nitrogens is 2. The lowest BCUT2D eigenvalue weighted by molar-refractivity contribution is 0.0734. The van der Waals surface area contributed by atoms with Gasteiger partial charge in [-0.15, -0.1) is 0 Å². The van der Waals surface area contributed by atoms with Crippen LogP contribution in [0.1, 0.15) is 85.8 Å². The van der Waals surface area contributed by atoms with Gasteiger partial charge < -0.3 is 4.74 Å². The Hall–Kier alpha value is -3.52. The summed E-state index contributed by atoms with van der Waals surface area (Å²) in [7, 11) is 0. The van der Waals surface area contributed by atoms with Gasteiger partial charge in [0.1, 0.15) is 5.75 Å². The summed E-state index contributed by atoms with van der Waals surface area (Å²) in [6.07, 6.45) is 13.7. The van der Waals surface area contributed by atoms with Crippen molar-refractivity contribution in [2.45, 2.75) is 71.6 Å². The van der Waals surface area contributed by atoms with Crippen molar-refractivity contribution in [2.75, 3.05) is 0 Å². The van der Waals surface area contributed by atoms with Gasteiger partial charge in [0, 0.05) is 18.0 Å². The largest absolute Gasteiger partial charge is 0.423 e. The first-order valence-corrected chi connectivity index (χ1v) is 12.3. The van der Waals surface area contributed by atoms with Crippen LogP contribution in [0, 0.1) is 11.3 Å². The highest BCUT2D eigenvalue weighted by atomic mass is 16.5. The third kappa shape index (κ3) is 7.25. The molecule has 0 aliphatic carbocycles. The van der Waals surface area contributed by atoms with Gasteiger partial charge >= 0.3 is 5.97 Å². The van der Waals surface area contributed by atoms with E-state index in [0.717, 1.165) is 48.8 Å². The molecule has 0 radical (unpaired) electrons. The second-order valence-electron chi connectivity index (χ2n) is 8.58. The molecule has 5 nitrogen and oxygen atoms in total. The summed E-state index contributed by atoms with van der Waals surface area (Å²) in [4.78, 5) is 21.6. The normalized spacial score (nSPS) is 10.6. The zero-order valence-electron chi connectivity index (χ0n) is 20.2. The van der Waals surface area contributed by atoms with Crippen LogP contribution in [0.15, 0.2) is 54.9 Å². The molecule has 0 fully saturated rings. The molecule has 34 heavy (non-hydrogen) atoms. The van der Waals surface area contributed by atoms with Crippen LogP contribution in [0.2, 0.25) is 0 Å². The predicted molar refractivity (Wildman–Crippen MR) is 135 cm³/mol. The third-order valence-corrected chi connectivity index (χ3v) is 5.86. The molecule has 0 bridgehead atoms. The molecule has 0 saturated heterocycles. The van der Waals surface area contributed by atoms with Gasteiger partial charge in [-0.1, -0.05) is 52.0 Å². The number of hydrogen-bond acceptors (Lipinski definition) is 5. The Labute approximate surface area is 202 Å². The number of rotatable bonds is 12. The van der Waals surface area contributed by atoms with E-state index in [1.54, 1.807) is 24.3 Å². The van der Waals surface area contributed by atoms with Crippen molar-refractivity contribution < 1.29 is 9.53 Å². The van der Waals surface area contributed by atoms with Crippen LogP contribution in [0.3, 0.4) is 0 Å². The lowest BCUT2D eigenvalue weighted by Gasteiger charge is -2.08. The highest BCUT2D eigenvalue weighted by Crippen LogP contribution is 2.21.